The van der Waals surface area contributed by atoms with Crippen molar-refractivity contribution in [2.75, 3.05) is 6.61 Å². The monoisotopic (exact) mass is 383 g/mol. The van der Waals surface area contributed by atoms with Crippen molar-refractivity contribution in [1.29, 1.82) is 0 Å². The van der Waals surface area contributed by atoms with Gasteiger partial charge in [-0.05, 0) is 19.1 Å². The Morgan fingerprint density at radius 2 is 1.86 bits per heavy atom. The Bertz CT molecular complexity index is 1040. The van der Waals surface area contributed by atoms with E-state index >= 15 is 0 Å². The smallest absolute Gasteiger partial charge is 0.305 e. The maximum Gasteiger partial charge on any atom is 0.305 e. The second kappa shape index (κ2) is 8.31. The van der Waals surface area contributed by atoms with E-state index in [0.29, 0.717) is 17.8 Å². The summed E-state index contributed by atoms with van der Waals surface area (Å²) in [5, 5.41) is 11.6. The average Bonchev–Trinajstić information content (AvgIpc) is 3.09. The summed E-state index contributed by atoms with van der Waals surface area (Å²) in [6.45, 7) is 2.47. The Kier molecular flexibility index (Phi) is 5.66. The molecule has 9 nitrogen and oxygen atoms in total. The van der Waals surface area contributed by atoms with Crippen LogP contribution in [0.3, 0.4) is 0 Å². The van der Waals surface area contributed by atoms with Crippen LogP contribution in [-0.2, 0) is 11.3 Å². The number of carbonyl (C=O) groups is 2. The first-order chi connectivity index (χ1) is 13.5. The highest BCUT2D eigenvalue weighted by atomic mass is 16.6. The number of rotatable bonds is 6. The van der Waals surface area contributed by atoms with Crippen molar-refractivity contribution < 1.29 is 23.7 Å². The number of amides is 2. The number of fused-ring (bicyclic) bond motifs is 1. The number of nitrogens with zero attached hydrogens (tertiary/aromatic N) is 1. The first-order valence-corrected chi connectivity index (χ1v) is 8.44. The molecule has 0 spiro atoms. The Balaban J connectivity index is 1.77. The zero-order valence-electron chi connectivity index (χ0n) is 14.9. The number of nitrogens with one attached hydrogen (secondary N) is 2. The number of benzene rings is 2. The summed E-state index contributed by atoms with van der Waals surface area (Å²) >= 11 is 0. The third-order valence-electron chi connectivity index (χ3n) is 3.96. The summed E-state index contributed by atoms with van der Waals surface area (Å²) < 4.78 is 11.0. The van der Waals surface area contributed by atoms with E-state index < -0.39 is 16.7 Å². The van der Waals surface area contributed by atoms with Crippen LogP contribution in [0.25, 0.3) is 11.0 Å². The minimum atomic E-state index is -0.695. The van der Waals surface area contributed by atoms with Gasteiger partial charge in [0.1, 0.15) is 5.58 Å². The molecule has 9 heteroatoms. The standard InChI is InChI=1S/C19H17N3O6/c1-2-27-11-15-14-8-3-4-9-16(14)28-17(15)19(24)21-20-18(23)12-6-5-7-13(10-12)22(25)26/h3-10H,2,11H2,1H3,(H,20,23)(H,21,24). The lowest BCUT2D eigenvalue weighted by atomic mass is 10.1. The lowest BCUT2D eigenvalue weighted by Crippen LogP contribution is -2.41. The van der Waals surface area contributed by atoms with E-state index in [4.69, 9.17) is 9.15 Å². The van der Waals surface area contributed by atoms with Crippen LogP contribution in [-0.4, -0.2) is 23.3 Å². The normalized spacial score (nSPS) is 10.6. The molecule has 2 N–H and O–H groups in total. The van der Waals surface area contributed by atoms with E-state index in [1.807, 2.05) is 19.1 Å². The molecule has 0 saturated heterocycles. The van der Waals surface area contributed by atoms with Crippen LogP contribution in [0.5, 0.6) is 0 Å². The molecule has 0 atom stereocenters. The molecule has 1 heterocycles. The zero-order valence-corrected chi connectivity index (χ0v) is 14.9. The number of ether oxygens (including phenoxy) is 1. The summed E-state index contributed by atoms with van der Waals surface area (Å²) in [6.07, 6.45) is 0. The molecule has 0 bridgehead atoms. The molecule has 1 aromatic heterocycles. The van der Waals surface area contributed by atoms with Gasteiger partial charge in [0.05, 0.1) is 11.5 Å². The molecule has 0 aliphatic rings. The summed E-state index contributed by atoms with van der Waals surface area (Å²) in [5.41, 5.74) is 5.39. The van der Waals surface area contributed by atoms with Crippen molar-refractivity contribution >= 4 is 28.5 Å². The van der Waals surface area contributed by atoms with Crippen LogP contribution >= 0.6 is 0 Å². The van der Waals surface area contributed by atoms with Gasteiger partial charge in [0, 0.05) is 35.3 Å². The number of nitro groups is 1. The van der Waals surface area contributed by atoms with Crippen molar-refractivity contribution in [3.05, 3.63) is 75.5 Å². The van der Waals surface area contributed by atoms with Gasteiger partial charge in [0.25, 0.3) is 11.6 Å². The molecule has 0 unspecified atom stereocenters. The van der Waals surface area contributed by atoms with E-state index in [0.717, 1.165) is 11.5 Å². The van der Waals surface area contributed by atoms with Crippen LogP contribution in [0.4, 0.5) is 5.69 Å². The van der Waals surface area contributed by atoms with Crippen molar-refractivity contribution in [1.82, 2.24) is 10.9 Å². The number of furan rings is 1. The third kappa shape index (κ3) is 3.99. The van der Waals surface area contributed by atoms with Gasteiger partial charge in [-0.1, -0.05) is 24.3 Å². The van der Waals surface area contributed by atoms with Crippen LogP contribution < -0.4 is 10.9 Å². The molecule has 2 amide bonds. The Hall–Kier alpha value is -3.72. The molecule has 0 radical (unpaired) electrons. The predicted octanol–water partition coefficient (Wildman–Crippen LogP) is 2.95. The Morgan fingerprint density at radius 1 is 1.11 bits per heavy atom. The first kappa shape index (κ1) is 19.1. The quantitative estimate of drug-likeness (QED) is 0.498. The lowest BCUT2D eigenvalue weighted by Gasteiger charge is -2.07. The number of non-ortho nitro benzene ring substituents is 1. The fourth-order valence-electron chi connectivity index (χ4n) is 2.63. The van der Waals surface area contributed by atoms with Crippen molar-refractivity contribution in [2.24, 2.45) is 0 Å². The molecule has 0 aliphatic carbocycles. The van der Waals surface area contributed by atoms with Gasteiger partial charge in [-0.3, -0.25) is 30.6 Å². The van der Waals surface area contributed by atoms with Crippen molar-refractivity contribution in [2.45, 2.75) is 13.5 Å². The summed E-state index contributed by atoms with van der Waals surface area (Å²) in [7, 11) is 0. The number of hydrogen-bond acceptors (Lipinski definition) is 6. The summed E-state index contributed by atoms with van der Waals surface area (Å²) in [5.74, 6) is -1.34. The highest BCUT2D eigenvalue weighted by molar-refractivity contribution is 6.01. The molecule has 28 heavy (non-hydrogen) atoms. The molecular formula is C19H17N3O6. The first-order valence-electron chi connectivity index (χ1n) is 8.44. The van der Waals surface area contributed by atoms with Gasteiger partial charge in [0.2, 0.25) is 0 Å². The maximum atomic E-state index is 12.5. The molecule has 2 aromatic carbocycles. The molecular weight excluding hydrogens is 366 g/mol. The van der Waals surface area contributed by atoms with E-state index in [2.05, 4.69) is 10.9 Å². The fraction of sp³-hybridized carbons (Fsp3) is 0.158. The highest BCUT2D eigenvalue weighted by Crippen LogP contribution is 2.26. The van der Waals surface area contributed by atoms with Gasteiger partial charge < -0.3 is 9.15 Å². The number of hydrogen-bond donors (Lipinski definition) is 2. The van der Waals surface area contributed by atoms with Gasteiger partial charge in [-0.2, -0.15) is 0 Å². The highest BCUT2D eigenvalue weighted by Gasteiger charge is 2.21. The van der Waals surface area contributed by atoms with Gasteiger partial charge in [-0.25, -0.2) is 0 Å². The van der Waals surface area contributed by atoms with Crippen molar-refractivity contribution in [3.8, 4) is 0 Å². The second-order valence-electron chi connectivity index (χ2n) is 5.76. The predicted molar refractivity (Wildman–Crippen MR) is 99.6 cm³/mol. The summed E-state index contributed by atoms with van der Waals surface area (Å²) in [6, 6.07) is 12.3. The minimum Gasteiger partial charge on any atom is -0.450 e. The molecule has 0 saturated carbocycles. The van der Waals surface area contributed by atoms with Crippen LogP contribution in [0.2, 0.25) is 0 Å². The average molecular weight is 383 g/mol. The summed E-state index contributed by atoms with van der Waals surface area (Å²) in [4.78, 5) is 34.9. The molecule has 144 valence electrons. The maximum absolute atomic E-state index is 12.5. The van der Waals surface area contributed by atoms with Gasteiger partial charge in [0.15, 0.2) is 5.76 Å². The number of nitro benzene ring substituents is 1. The van der Waals surface area contributed by atoms with E-state index in [-0.39, 0.29) is 23.6 Å². The molecule has 0 fully saturated rings. The number of hydrazine groups is 1. The molecule has 3 aromatic rings. The van der Waals surface area contributed by atoms with Crippen LogP contribution in [0.1, 0.15) is 33.4 Å². The number of para-hydroxylation sites is 1. The second-order valence-corrected chi connectivity index (χ2v) is 5.76. The van der Waals surface area contributed by atoms with Gasteiger partial charge in [-0.15, -0.1) is 0 Å². The zero-order chi connectivity index (χ0) is 20.1. The van der Waals surface area contributed by atoms with Gasteiger partial charge >= 0.3 is 5.91 Å². The fourth-order valence-corrected chi connectivity index (χ4v) is 2.63. The molecule has 3 rings (SSSR count). The van der Waals surface area contributed by atoms with E-state index in [1.165, 1.54) is 18.2 Å². The topological polar surface area (TPSA) is 124 Å². The van der Waals surface area contributed by atoms with E-state index in [9.17, 15) is 19.7 Å². The largest absolute Gasteiger partial charge is 0.450 e. The SMILES string of the molecule is CCOCc1c(C(=O)NNC(=O)c2cccc([N+](=O)[O-])c2)oc2ccccc12. The minimum absolute atomic E-state index is 0.0222. The Labute approximate surface area is 159 Å². The number of carbonyl (C=O) groups excluding carboxylic acids is 2. The van der Waals surface area contributed by atoms with E-state index in [1.54, 1.807) is 12.1 Å². The Morgan fingerprint density at radius 3 is 2.61 bits per heavy atom. The van der Waals surface area contributed by atoms with Crippen molar-refractivity contribution in [3.63, 3.8) is 0 Å². The lowest BCUT2D eigenvalue weighted by molar-refractivity contribution is -0.384. The molecule has 0 aliphatic heterocycles. The third-order valence-corrected chi connectivity index (χ3v) is 3.96. The van der Waals surface area contributed by atoms with Crippen LogP contribution in [0.15, 0.2) is 52.9 Å². The van der Waals surface area contributed by atoms with Crippen LogP contribution in [0, 0.1) is 10.1 Å².